The van der Waals surface area contributed by atoms with Crippen LogP contribution in [0.2, 0.25) is 0 Å². The molecular weight excluding hydrogens is 450 g/mol. The molecular formula is C25H25N5O5. The number of piperidine rings is 1. The van der Waals surface area contributed by atoms with Gasteiger partial charge in [0.25, 0.3) is 17.7 Å². The van der Waals surface area contributed by atoms with Crippen molar-refractivity contribution in [2.45, 2.75) is 25.4 Å². The Balaban J connectivity index is 1.26. The predicted octanol–water partition coefficient (Wildman–Crippen LogP) is 0.745. The minimum atomic E-state index is -1.03. The molecule has 1 atom stereocenters. The summed E-state index contributed by atoms with van der Waals surface area (Å²) in [7, 11) is 0. The van der Waals surface area contributed by atoms with E-state index in [2.05, 4.69) is 20.9 Å². The molecule has 0 aliphatic carbocycles. The number of piperazine rings is 1. The first-order valence-corrected chi connectivity index (χ1v) is 11.6. The molecule has 5 rings (SSSR count). The number of anilines is 1. The van der Waals surface area contributed by atoms with Crippen molar-refractivity contribution in [2.75, 3.05) is 31.5 Å². The number of fused-ring (bicyclic) bond motifs is 1. The van der Waals surface area contributed by atoms with E-state index in [0.717, 1.165) is 43.2 Å². The minimum Gasteiger partial charge on any atom is -0.322 e. The fourth-order valence-electron chi connectivity index (χ4n) is 4.64. The van der Waals surface area contributed by atoms with Gasteiger partial charge in [-0.15, -0.1) is 0 Å². The monoisotopic (exact) mass is 475 g/mol. The second kappa shape index (κ2) is 9.40. The van der Waals surface area contributed by atoms with Gasteiger partial charge in [0.1, 0.15) is 6.04 Å². The normalized spacial score (nSPS) is 20.6. The number of carbonyl (C=O) groups is 5. The van der Waals surface area contributed by atoms with Crippen LogP contribution in [0.3, 0.4) is 0 Å². The Labute approximate surface area is 201 Å². The lowest BCUT2D eigenvalue weighted by molar-refractivity contribution is -0.136. The number of nitrogens with zero attached hydrogens (tertiary/aromatic N) is 2. The Bertz CT molecular complexity index is 1220. The van der Waals surface area contributed by atoms with Gasteiger partial charge in [-0.25, -0.2) is 0 Å². The molecule has 0 spiro atoms. The summed E-state index contributed by atoms with van der Waals surface area (Å²) in [6.45, 7) is 4.75. The van der Waals surface area contributed by atoms with Crippen LogP contribution in [0.1, 0.15) is 49.5 Å². The van der Waals surface area contributed by atoms with Gasteiger partial charge in [-0.1, -0.05) is 12.1 Å². The molecule has 3 heterocycles. The van der Waals surface area contributed by atoms with Crippen molar-refractivity contribution in [3.05, 3.63) is 64.7 Å². The Morgan fingerprint density at radius 2 is 1.66 bits per heavy atom. The van der Waals surface area contributed by atoms with Gasteiger partial charge in [-0.2, -0.15) is 0 Å². The maximum absolute atomic E-state index is 13.0. The predicted molar refractivity (Wildman–Crippen MR) is 126 cm³/mol. The van der Waals surface area contributed by atoms with Crippen LogP contribution >= 0.6 is 0 Å². The van der Waals surface area contributed by atoms with Crippen molar-refractivity contribution >= 4 is 35.2 Å². The maximum atomic E-state index is 13.0. The van der Waals surface area contributed by atoms with Crippen molar-refractivity contribution < 1.29 is 24.0 Å². The summed E-state index contributed by atoms with van der Waals surface area (Å²) in [5.74, 6) is -2.63. The molecule has 2 aromatic carbocycles. The highest BCUT2D eigenvalue weighted by molar-refractivity contribution is 6.24. The fraction of sp³-hybridized carbons (Fsp3) is 0.320. The molecule has 180 valence electrons. The first-order valence-electron chi connectivity index (χ1n) is 11.6. The van der Waals surface area contributed by atoms with Gasteiger partial charge in [0.05, 0.1) is 11.1 Å². The molecule has 10 heteroatoms. The number of imide groups is 2. The molecule has 0 radical (unpaired) electrons. The van der Waals surface area contributed by atoms with E-state index in [4.69, 9.17) is 0 Å². The molecule has 1 unspecified atom stereocenters. The van der Waals surface area contributed by atoms with Crippen molar-refractivity contribution in [1.82, 2.24) is 20.4 Å². The van der Waals surface area contributed by atoms with Crippen LogP contribution in [0.25, 0.3) is 0 Å². The number of hydrogen-bond donors (Lipinski definition) is 3. The van der Waals surface area contributed by atoms with Gasteiger partial charge in [-0.05, 0) is 42.3 Å². The van der Waals surface area contributed by atoms with Crippen LogP contribution in [-0.2, 0) is 16.1 Å². The SMILES string of the molecule is O=C1CCC(N2C(=O)c3ccc(NC(=O)c4ccc(CN5CCNCC5)cc4)cc3C2=O)C(=O)N1. The molecule has 0 bridgehead atoms. The van der Waals surface area contributed by atoms with Gasteiger partial charge in [0, 0.05) is 50.4 Å². The summed E-state index contributed by atoms with van der Waals surface area (Å²) in [5.41, 5.74) is 2.24. The Hall–Kier alpha value is -3.89. The summed E-state index contributed by atoms with van der Waals surface area (Å²) >= 11 is 0. The van der Waals surface area contributed by atoms with E-state index in [9.17, 15) is 24.0 Å². The Morgan fingerprint density at radius 1 is 0.943 bits per heavy atom. The highest BCUT2D eigenvalue weighted by Crippen LogP contribution is 2.29. The quantitative estimate of drug-likeness (QED) is 0.545. The van der Waals surface area contributed by atoms with Gasteiger partial charge < -0.3 is 10.6 Å². The standard InChI is InChI=1S/C25H25N5O5/c31-21-8-7-20(23(33)28-21)30-24(34)18-6-5-17(13-19(18)25(30)35)27-22(32)16-3-1-15(2-4-16)14-29-11-9-26-10-12-29/h1-6,13,20,26H,7-12,14H2,(H,27,32)(H,28,31,33). The van der Waals surface area contributed by atoms with E-state index in [0.29, 0.717) is 11.3 Å². The number of amides is 5. The number of hydrogen-bond acceptors (Lipinski definition) is 7. The average molecular weight is 476 g/mol. The second-order valence-electron chi connectivity index (χ2n) is 8.88. The van der Waals surface area contributed by atoms with Crippen molar-refractivity contribution in [2.24, 2.45) is 0 Å². The molecule has 3 N–H and O–H groups in total. The van der Waals surface area contributed by atoms with Crippen LogP contribution < -0.4 is 16.0 Å². The third-order valence-corrected chi connectivity index (χ3v) is 6.53. The highest BCUT2D eigenvalue weighted by Gasteiger charge is 2.44. The van der Waals surface area contributed by atoms with Crippen molar-refractivity contribution in [3.63, 3.8) is 0 Å². The molecule has 0 aromatic heterocycles. The van der Waals surface area contributed by atoms with Crippen LogP contribution in [0.15, 0.2) is 42.5 Å². The third-order valence-electron chi connectivity index (χ3n) is 6.53. The van der Waals surface area contributed by atoms with Crippen molar-refractivity contribution in [3.8, 4) is 0 Å². The van der Waals surface area contributed by atoms with Gasteiger partial charge >= 0.3 is 0 Å². The van der Waals surface area contributed by atoms with E-state index in [1.165, 1.54) is 12.1 Å². The molecule has 10 nitrogen and oxygen atoms in total. The van der Waals surface area contributed by atoms with E-state index in [1.807, 2.05) is 12.1 Å². The molecule has 2 saturated heterocycles. The van der Waals surface area contributed by atoms with Gasteiger partial charge in [0.15, 0.2) is 0 Å². The van der Waals surface area contributed by atoms with Crippen molar-refractivity contribution in [1.29, 1.82) is 0 Å². The molecule has 3 aliphatic rings. The lowest BCUT2D eigenvalue weighted by atomic mass is 10.0. The Kier molecular flexibility index (Phi) is 6.14. The minimum absolute atomic E-state index is 0.0547. The first-order chi connectivity index (χ1) is 16.9. The fourth-order valence-corrected chi connectivity index (χ4v) is 4.64. The van der Waals surface area contributed by atoms with E-state index >= 15 is 0 Å². The highest BCUT2D eigenvalue weighted by atomic mass is 16.2. The Morgan fingerprint density at radius 3 is 2.37 bits per heavy atom. The van der Waals surface area contributed by atoms with Gasteiger partial charge in [0.2, 0.25) is 11.8 Å². The van der Waals surface area contributed by atoms with Gasteiger partial charge in [-0.3, -0.25) is 39.1 Å². The van der Waals surface area contributed by atoms with E-state index < -0.39 is 29.7 Å². The number of rotatable bonds is 5. The van der Waals surface area contributed by atoms with Crippen LogP contribution in [-0.4, -0.2) is 71.6 Å². The summed E-state index contributed by atoms with van der Waals surface area (Å²) < 4.78 is 0. The average Bonchev–Trinajstić information content (AvgIpc) is 3.10. The first kappa shape index (κ1) is 22.9. The molecule has 3 aliphatic heterocycles. The smallest absolute Gasteiger partial charge is 0.262 e. The third kappa shape index (κ3) is 4.58. The second-order valence-corrected chi connectivity index (χ2v) is 8.88. The lowest BCUT2D eigenvalue weighted by Gasteiger charge is -2.27. The van der Waals surface area contributed by atoms with Crippen LogP contribution in [0.4, 0.5) is 5.69 Å². The molecule has 0 saturated carbocycles. The van der Waals surface area contributed by atoms with Crippen LogP contribution in [0, 0.1) is 0 Å². The number of carbonyl (C=O) groups excluding carboxylic acids is 5. The number of benzene rings is 2. The number of nitrogens with one attached hydrogen (secondary N) is 3. The summed E-state index contributed by atoms with van der Waals surface area (Å²) in [6.07, 6.45) is 0.142. The van der Waals surface area contributed by atoms with Crippen LogP contribution in [0.5, 0.6) is 0 Å². The zero-order valence-electron chi connectivity index (χ0n) is 19.0. The molecule has 2 fully saturated rings. The molecule has 35 heavy (non-hydrogen) atoms. The topological polar surface area (TPSA) is 128 Å². The summed E-state index contributed by atoms with van der Waals surface area (Å²) in [6, 6.07) is 10.8. The zero-order chi connectivity index (χ0) is 24.5. The largest absolute Gasteiger partial charge is 0.322 e. The van der Waals surface area contributed by atoms with E-state index in [1.54, 1.807) is 18.2 Å². The maximum Gasteiger partial charge on any atom is 0.262 e. The summed E-state index contributed by atoms with van der Waals surface area (Å²) in [4.78, 5) is 65.4. The molecule has 2 aromatic rings. The zero-order valence-corrected chi connectivity index (χ0v) is 19.0. The lowest BCUT2D eigenvalue weighted by Crippen LogP contribution is -2.54. The molecule has 5 amide bonds. The summed E-state index contributed by atoms with van der Waals surface area (Å²) in [5, 5.41) is 8.26. The van der Waals surface area contributed by atoms with E-state index in [-0.39, 0.29) is 29.9 Å².